The molecule has 12 heteroatoms. The number of fused-ring (bicyclic) bond motifs is 2. The quantitative estimate of drug-likeness (QED) is 0.268. The zero-order chi connectivity index (χ0) is 26.2. The van der Waals surface area contributed by atoms with E-state index in [4.69, 9.17) is 10.2 Å². The predicted molar refractivity (Wildman–Crippen MR) is 145 cm³/mol. The van der Waals surface area contributed by atoms with Crippen molar-refractivity contribution in [2.24, 2.45) is 0 Å². The lowest BCUT2D eigenvalue weighted by molar-refractivity contribution is -0.384. The van der Waals surface area contributed by atoms with Crippen LogP contribution in [0.2, 0.25) is 0 Å². The molecule has 4 heterocycles. The summed E-state index contributed by atoms with van der Waals surface area (Å²) in [7, 11) is 0. The van der Waals surface area contributed by atoms with Crippen molar-refractivity contribution in [3.05, 3.63) is 68.0 Å². The predicted octanol–water partition coefficient (Wildman–Crippen LogP) is 4.62. The van der Waals surface area contributed by atoms with Gasteiger partial charge in [0.25, 0.3) is 11.4 Å². The molecule has 196 valence electrons. The van der Waals surface area contributed by atoms with E-state index in [0.29, 0.717) is 21.8 Å². The molecule has 0 N–H and O–H groups in total. The molecule has 4 aromatic rings. The van der Waals surface area contributed by atoms with E-state index >= 15 is 0 Å². The summed E-state index contributed by atoms with van der Waals surface area (Å²) in [4.78, 5) is 26.0. The van der Waals surface area contributed by atoms with Gasteiger partial charge in [-0.2, -0.15) is 19.8 Å². The van der Waals surface area contributed by atoms with Gasteiger partial charge in [-0.3, -0.25) is 30.2 Å². The summed E-state index contributed by atoms with van der Waals surface area (Å²) in [6.45, 7) is 3.38. The third-order valence-corrected chi connectivity index (χ3v) is 7.37. The van der Waals surface area contributed by atoms with E-state index in [1.807, 2.05) is 21.7 Å². The van der Waals surface area contributed by atoms with Gasteiger partial charge in [0.1, 0.15) is 0 Å². The SMILES string of the molecule is O=[N+]([O-])c1ccc2nn(N3CCCCC3)c(/C=C/c3c4cc([N+](=O)[O-])ccc4nn3N3CCCCC3)c2c1. The smallest absolute Gasteiger partial charge is 0.270 e. The fourth-order valence-corrected chi connectivity index (χ4v) is 5.42. The van der Waals surface area contributed by atoms with Gasteiger partial charge in [0.2, 0.25) is 0 Å². The lowest BCUT2D eigenvalue weighted by atomic mass is 10.1. The molecule has 0 unspecified atom stereocenters. The number of nitro benzene ring substituents is 2. The molecular weight excluding hydrogens is 488 g/mol. The van der Waals surface area contributed by atoms with Crippen LogP contribution in [0.15, 0.2) is 36.4 Å². The number of nitro groups is 2. The van der Waals surface area contributed by atoms with Crippen molar-refractivity contribution < 1.29 is 9.85 Å². The van der Waals surface area contributed by atoms with Crippen LogP contribution in [0.5, 0.6) is 0 Å². The third-order valence-electron chi connectivity index (χ3n) is 7.37. The van der Waals surface area contributed by atoms with Crippen LogP contribution in [0, 0.1) is 20.2 Å². The molecule has 0 spiro atoms. The minimum absolute atomic E-state index is 0.00442. The zero-order valence-electron chi connectivity index (χ0n) is 20.9. The van der Waals surface area contributed by atoms with Gasteiger partial charge in [-0.1, -0.05) is 0 Å². The number of nitrogens with zero attached hydrogens (tertiary/aromatic N) is 8. The number of benzene rings is 2. The lowest BCUT2D eigenvalue weighted by Gasteiger charge is -2.30. The Labute approximate surface area is 218 Å². The fraction of sp³-hybridized carbons (Fsp3) is 0.385. The molecule has 38 heavy (non-hydrogen) atoms. The zero-order valence-corrected chi connectivity index (χ0v) is 20.9. The maximum Gasteiger partial charge on any atom is 0.270 e. The Hall–Kier alpha value is -4.48. The van der Waals surface area contributed by atoms with Crippen molar-refractivity contribution in [3.63, 3.8) is 0 Å². The molecular formula is C26H28N8O4. The molecule has 2 aliphatic heterocycles. The van der Waals surface area contributed by atoms with Crippen LogP contribution < -0.4 is 10.0 Å². The Morgan fingerprint density at radius 1 is 0.632 bits per heavy atom. The van der Waals surface area contributed by atoms with Crippen LogP contribution in [0.3, 0.4) is 0 Å². The molecule has 0 bridgehead atoms. The molecule has 0 aliphatic carbocycles. The first-order valence-corrected chi connectivity index (χ1v) is 13.0. The summed E-state index contributed by atoms with van der Waals surface area (Å²) < 4.78 is 0. The highest BCUT2D eigenvalue weighted by atomic mass is 16.6. The number of aromatic nitrogens is 4. The van der Waals surface area contributed by atoms with Crippen molar-refractivity contribution in [1.82, 2.24) is 19.8 Å². The summed E-state index contributed by atoms with van der Waals surface area (Å²) in [6.07, 6.45) is 10.3. The average Bonchev–Trinajstić information content (AvgIpc) is 3.50. The summed E-state index contributed by atoms with van der Waals surface area (Å²) in [5.74, 6) is 0. The highest BCUT2D eigenvalue weighted by Crippen LogP contribution is 2.29. The maximum atomic E-state index is 11.5. The first kappa shape index (κ1) is 23.9. The van der Waals surface area contributed by atoms with E-state index < -0.39 is 9.85 Å². The highest BCUT2D eigenvalue weighted by molar-refractivity contribution is 5.95. The molecule has 2 saturated heterocycles. The molecule has 2 aliphatic rings. The first-order valence-electron chi connectivity index (χ1n) is 13.0. The molecule has 0 amide bonds. The molecule has 0 radical (unpaired) electrons. The largest absolute Gasteiger partial charge is 0.296 e. The van der Waals surface area contributed by atoms with Crippen LogP contribution in [0.1, 0.15) is 49.9 Å². The van der Waals surface area contributed by atoms with E-state index in [9.17, 15) is 20.2 Å². The average molecular weight is 517 g/mol. The number of piperidine rings is 2. The number of rotatable bonds is 6. The van der Waals surface area contributed by atoms with Gasteiger partial charge in [0.05, 0.1) is 32.3 Å². The summed E-state index contributed by atoms with van der Waals surface area (Å²) in [5, 5.41) is 38.4. The molecule has 0 saturated carbocycles. The second-order valence-electron chi connectivity index (χ2n) is 9.83. The van der Waals surface area contributed by atoms with Crippen molar-refractivity contribution in [2.45, 2.75) is 38.5 Å². The molecule has 2 aromatic heterocycles. The number of hydrogen-bond donors (Lipinski definition) is 0. The maximum absolute atomic E-state index is 11.5. The van der Waals surface area contributed by atoms with Crippen LogP contribution in [0.25, 0.3) is 34.0 Å². The second kappa shape index (κ2) is 9.77. The van der Waals surface area contributed by atoms with E-state index in [1.165, 1.54) is 12.1 Å². The van der Waals surface area contributed by atoms with Gasteiger partial charge >= 0.3 is 0 Å². The standard InChI is InChI=1S/C26H28N8O4/c35-33(36)19-7-9-23-21(17-19)25(31(27-23)29-13-3-1-4-14-29)11-12-26-22-18-20(34(37)38)8-10-24(22)28-32(26)30-15-5-2-6-16-30/h7-12,17-18H,1-6,13-16H2/b12-11+. The van der Waals surface area contributed by atoms with E-state index in [-0.39, 0.29) is 11.4 Å². The Bertz CT molecular complexity index is 1440. The van der Waals surface area contributed by atoms with Crippen LogP contribution >= 0.6 is 0 Å². The lowest BCUT2D eigenvalue weighted by Crippen LogP contribution is -2.40. The monoisotopic (exact) mass is 516 g/mol. The molecule has 6 rings (SSSR count). The molecule has 2 fully saturated rings. The van der Waals surface area contributed by atoms with Crippen LogP contribution in [-0.2, 0) is 0 Å². The Morgan fingerprint density at radius 3 is 1.39 bits per heavy atom. The molecule has 0 atom stereocenters. The topological polar surface area (TPSA) is 128 Å². The normalized spacial score (nSPS) is 16.6. The van der Waals surface area contributed by atoms with Crippen molar-refractivity contribution >= 4 is 45.3 Å². The van der Waals surface area contributed by atoms with E-state index in [1.54, 1.807) is 24.3 Å². The fourth-order valence-electron chi connectivity index (χ4n) is 5.42. The van der Waals surface area contributed by atoms with Crippen molar-refractivity contribution in [3.8, 4) is 0 Å². The van der Waals surface area contributed by atoms with Crippen LogP contribution in [-0.4, -0.2) is 55.8 Å². The van der Waals surface area contributed by atoms with Gasteiger partial charge in [-0.05, 0) is 62.8 Å². The van der Waals surface area contributed by atoms with Gasteiger partial charge in [-0.25, -0.2) is 0 Å². The van der Waals surface area contributed by atoms with Crippen LogP contribution in [0.4, 0.5) is 11.4 Å². The summed E-state index contributed by atoms with van der Waals surface area (Å²) in [6, 6.07) is 9.44. The minimum Gasteiger partial charge on any atom is -0.296 e. The molecule has 2 aromatic carbocycles. The van der Waals surface area contributed by atoms with Gasteiger partial charge < -0.3 is 0 Å². The Kier molecular flexibility index (Phi) is 6.14. The number of hydrogen-bond acceptors (Lipinski definition) is 8. The molecule has 12 nitrogen and oxygen atoms in total. The highest BCUT2D eigenvalue weighted by Gasteiger charge is 2.22. The summed E-state index contributed by atoms with van der Waals surface area (Å²) >= 11 is 0. The third kappa shape index (κ3) is 4.31. The number of non-ortho nitro benzene ring substituents is 2. The second-order valence-corrected chi connectivity index (χ2v) is 9.83. The van der Waals surface area contributed by atoms with E-state index in [0.717, 1.165) is 76.1 Å². The Balaban J connectivity index is 1.52. The van der Waals surface area contributed by atoms with Crippen molar-refractivity contribution in [2.75, 3.05) is 36.2 Å². The van der Waals surface area contributed by atoms with Crippen molar-refractivity contribution in [1.29, 1.82) is 0 Å². The van der Waals surface area contributed by atoms with E-state index in [2.05, 4.69) is 10.0 Å². The minimum atomic E-state index is -0.400. The summed E-state index contributed by atoms with van der Waals surface area (Å²) in [5.41, 5.74) is 2.82. The van der Waals surface area contributed by atoms with Gasteiger partial charge in [-0.15, -0.1) is 0 Å². The van der Waals surface area contributed by atoms with Gasteiger partial charge in [0, 0.05) is 61.2 Å². The first-order chi connectivity index (χ1) is 18.5. The Morgan fingerprint density at radius 2 is 1.03 bits per heavy atom. The van der Waals surface area contributed by atoms with Gasteiger partial charge in [0.15, 0.2) is 0 Å².